The maximum atomic E-state index is 4.61. The Balaban J connectivity index is 1.85. The second kappa shape index (κ2) is 4.07. The molecule has 0 spiro atoms. The van der Waals surface area contributed by atoms with Gasteiger partial charge in [-0.05, 0) is 18.2 Å². The van der Waals surface area contributed by atoms with E-state index in [1.807, 2.05) is 24.4 Å². The molecule has 1 N–H and O–H groups in total. The first-order chi connectivity index (χ1) is 9.40. The average molecular weight is 249 g/mol. The van der Waals surface area contributed by atoms with E-state index in [1.165, 1.54) is 5.56 Å². The van der Waals surface area contributed by atoms with E-state index in [4.69, 9.17) is 0 Å². The summed E-state index contributed by atoms with van der Waals surface area (Å²) in [6, 6.07) is 5.92. The minimum atomic E-state index is 0.745. The van der Waals surface area contributed by atoms with E-state index >= 15 is 0 Å². The Kier molecular flexibility index (Phi) is 2.25. The first-order valence-electron chi connectivity index (χ1n) is 6.17. The molecule has 0 aliphatic carbocycles. The smallest absolute Gasteiger partial charge is 0.159 e. The van der Waals surface area contributed by atoms with Crippen molar-refractivity contribution >= 4 is 11.0 Å². The number of nitrogens with one attached hydrogen (secondary N) is 1. The molecule has 0 atom stereocenters. The summed E-state index contributed by atoms with van der Waals surface area (Å²) in [7, 11) is 0. The van der Waals surface area contributed by atoms with Gasteiger partial charge < -0.3 is 5.32 Å². The van der Waals surface area contributed by atoms with Gasteiger partial charge >= 0.3 is 0 Å². The SMILES string of the molecule is c1cnc2cc(-c3ncc4c(n3)CNC4)ccc2n1. The molecule has 1 aromatic carbocycles. The van der Waals surface area contributed by atoms with Crippen LogP contribution < -0.4 is 5.32 Å². The Morgan fingerprint density at radius 3 is 2.79 bits per heavy atom. The number of aromatic nitrogens is 4. The predicted molar refractivity (Wildman–Crippen MR) is 71.1 cm³/mol. The highest BCUT2D eigenvalue weighted by Gasteiger charge is 2.13. The monoisotopic (exact) mass is 249 g/mol. The van der Waals surface area contributed by atoms with E-state index in [0.717, 1.165) is 41.2 Å². The number of benzene rings is 1. The number of rotatable bonds is 1. The highest BCUT2D eigenvalue weighted by atomic mass is 15.0. The Labute approximate surface area is 109 Å². The van der Waals surface area contributed by atoms with Gasteiger partial charge in [-0.2, -0.15) is 0 Å². The average Bonchev–Trinajstić information content (AvgIpc) is 2.94. The third-order valence-electron chi connectivity index (χ3n) is 3.29. The topological polar surface area (TPSA) is 63.6 Å². The van der Waals surface area contributed by atoms with Crippen molar-refractivity contribution in [2.75, 3.05) is 0 Å². The van der Waals surface area contributed by atoms with E-state index in [-0.39, 0.29) is 0 Å². The highest BCUT2D eigenvalue weighted by Crippen LogP contribution is 2.21. The molecule has 1 aliphatic heterocycles. The first-order valence-corrected chi connectivity index (χ1v) is 6.17. The van der Waals surface area contributed by atoms with Gasteiger partial charge in [0.2, 0.25) is 0 Å². The van der Waals surface area contributed by atoms with Crippen LogP contribution in [0.3, 0.4) is 0 Å². The van der Waals surface area contributed by atoms with Crippen molar-refractivity contribution in [3.05, 3.63) is 48.0 Å². The summed E-state index contributed by atoms with van der Waals surface area (Å²) in [5, 5.41) is 3.27. The van der Waals surface area contributed by atoms with E-state index in [2.05, 4.69) is 25.3 Å². The minimum absolute atomic E-state index is 0.745. The zero-order valence-corrected chi connectivity index (χ0v) is 10.2. The summed E-state index contributed by atoms with van der Waals surface area (Å²) >= 11 is 0. The molecule has 3 heterocycles. The number of hydrogen-bond donors (Lipinski definition) is 1. The molecular formula is C14H11N5. The molecule has 2 aromatic heterocycles. The second-order valence-corrected chi connectivity index (χ2v) is 4.53. The van der Waals surface area contributed by atoms with Crippen molar-refractivity contribution in [2.45, 2.75) is 13.1 Å². The zero-order valence-electron chi connectivity index (χ0n) is 10.2. The lowest BCUT2D eigenvalue weighted by Gasteiger charge is -2.03. The molecule has 4 rings (SSSR count). The van der Waals surface area contributed by atoms with Crippen LogP contribution in [-0.2, 0) is 13.1 Å². The summed E-state index contributed by atoms with van der Waals surface area (Å²) in [6.45, 7) is 1.68. The molecule has 0 unspecified atom stereocenters. The summed E-state index contributed by atoms with van der Waals surface area (Å²) in [6.07, 6.45) is 5.29. The van der Waals surface area contributed by atoms with Crippen molar-refractivity contribution in [1.82, 2.24) is 25.3 Å². The standard InChI is InChI=1S/C14H11N5/c1-2-11-12(17-4-3-16-11)5-9(1)14-18-7-10-6-15-8-13(10)19-14/h1-5,7,15H,6,8H2. The molecular weight excluding hydrogens is 238 g/mol. The zero-order chi connectivity index (χ0) is 12.7. The van der Waals surface area contributed by atoms with Crippen molar-refractivity contribution in [3.8, 4) is 11.4 Å². The normalized spacial score (nSPS) is 13.7. The lowest BCUT2D eigenvalue weighted by Crippen LogP contribution is -2.00. The van der Waals surface area contributed by atoms with Gasteiger partial charge in [-0.3, -0.25) is 9.97 Å². The summed E-state index contributed by atoms with van der Waals surface area (Å²) < 4.78 is 0. The molecule has 19 heavy (non-hydrogen) atoms. The molecule has 0 amide bonds. The van der Waals surface area contributed by atoms with Gasteiger partial charge in [0, 0.05) is 42.8 Å². The fourth-order valence-electron chi connectivity index (χ4n) is 2.30. The van der Waals surface area contributed by atoms with E-state index in [0.29, 0.717) is 0 Å². The van der Waals surface area contributed by atoms with E-state index in [9.17, 15) is 0 Å². The molecule has 1 aliphatic rings. The van der Waals surface area contributed by atoms with Crippen molar-refractivity contribution < 1.29 is 0 Å². The van der Waals surface area contributed by atoms with Crippen LogP contribution in [0.1, 0.15) is 11.3 Å². The maximum Gasteiger partial charge on any atom is 0.159 e. The third kappa shape index (κ3) is 1.75. The number of nitrogens with zero attached hydrogens (tertiary/aromatic N) is 4. The number of fused-ring (bicyclic) bond motifs is 2. The molecule has 5 nitrogen and oxygen atoms in total. The van der Waals surface area contributed by atoms with Crippen LogP contribution in [0.2, 0.25) is 0 Å². The number of hydrogen-bond acceptors (Lipinski definition) is 5. The maximum absolute atomic E-state index is 4.61. The summed E-state index contributed by atoms with van der Waals surface area (Å²) in [5.41, 5.74) is 4.99. The van der Waals surface area contributed by atoms with Gasteiger partial charge in [-0.15, -0.1) is 0 Å². The third-order valence-corrected chi connectivity index (χ3v) is 3.29. The second-order valence-electron chi connectivity index (χ2n) is 4.53. The van der Waals surface area contributed by atoms with Crippen LogP contribution in [0, 0.1) is 0 Å². The molecule has 3 aromatic rings. The Hall–Kier alpha value is -2.40. The van der Waals surface area contributed by atoms with Crippen molar-refractivity contribution in [3.63, 3.8) is 0 Å². The van der Waals surface area contributed by atoms with E-state index < -0.39 is 0 Å². The molecule has 0 bridgehead atoms. The highest BCUT2D eigenvalue weighted by molar-refractivity contribution is 5.79. The van der Waals surface area contributed by atoms with Crippen LogP contribution in [0.25, 0.3) is 22.4 Å². The lowest BCUT2D eigenvalue weighted by atomic mass is 10.1. The van der Waals surface area contributed by atoms with Gasteiger partial charge in [-0.25, -0.2) is 9.97 Å². The van der Waals surface area contributed by atoms with Crippen molar-refractivity contribution in [1.29, 1.82) is 0 Å². The van der Waals surface area contributed by atoms with Crippen LogP contribution in [0.5, 0.6) is 0 Å². The molecule has 0 saturated heterocycles. The fourth-order valence-corrected chi connectivity index (χ4v) is 2.30. The molecule has 0 fully saturated rings. The summed E-state index contributed by atoms with van der Waals surface area (Å²) in [4.78, 5) is 17.6. The van der Waals surface area contributed by atoms with Gasteiger partial charge in [-0.1, -0.05) is 0 Å². The van der Waals surface area contributed by atoms with Crippen LogP contribution >= 0.6 is 0 Å². The van der Waals surface area contributed by atoms with Gasteiger partial charge in [0.1, 0.15) is 0 Å². The lowest BCUT2D eigenvalue weighted by molar-refractivity contribution is 0.758. The van der Waals surface area contributed by atoms with Crippen LogP contribution in [0.4, 0.5) is 0 Å². The van der Waals surface area contributed by atoms with Crippen LogP contribution in [0.15, 0.2) is 36.8 Å². The Bertz CT molecular complexity index is 769. The quantitative estimate of drug-likeness (QED) is 0.711. The summed E-state index contributed by atoms with van der Waals surface area (Å²) in [5.74, 6) is 0.745. The minimum Gasteiger partial charge on any atom is -0.307 e. The molecule has 92 valence electrons. The van der Waals surface area contributed by atoms with Crippen LogP contribution in [-0.4, -0.2) is 19.9 Å². The molecule has 0 saturated carbocycles. The Morgan fingerprint density at radius 1 is 0.947 bits per heavy atom. The van der Waals surface area contributed by atoms with Gasteiger partial charge in [0.05, 0.1) is 16.7 Å². The molecule has 0 radical (unpaired) electrons. The van der Waals surface area contributed by atoms with Gasteiger partial charge in [0.25, 0.3) is 0 Å². The van der Waals surface area contributed by atoms with Crippen molar-refractivity contribution in [2.24, 2.45) is 0 Å². The van der Waals surface area contributed by atoms with E-state index in [1.54, 1.807) is 12.4 Å². The predicted octanol–water partition coefficient (Wildman–Crippen LogP) is 1.69. The van der Waals surface area contributed by atoms with Gasteiger partial charge in [0.15, 0.2) is 5.82 Å². The Morgan fingerprint density at radius 2 is 1.84 bits per heavy atom. The first kappa shape index (κ1) is 10.5. The molecule has 5 heteroatoms. The largest absolute Gasteiger partial charge is 0.307 e. The fraction of sp³-hybridized carbons (Fsp3) is 0.143.